The Morgan fingerprint density at radius 3 is 2.55 bits per heavy atom. The molecule has 3 heterocycles. The van der Waals surface area contributed by atoms with E-state index < -0.39 is 0 Å². The van der Waals surface area contributed by atoms with Crippen LogP contribution in [0.15, 0.2) is 66.9 Å². The summed E-state index contributed by atoms with van der Waals surface area (Å²) in [5.74, 6) is 1.35. The van der Waals surface area contributed by atoms with Crippen LogP contribution in [-0.4, -0.2) is 61.1 Å². The van der Waals surface area contributed by atoms with Gasteiger partial charge in [-0.05, 0) is 43.1 Å². The van der Waals surface area contributed by atoms with Crippen molar-refractivity contribution in [1.82, 2.24) is 15.3 Å². The molecule has 5 rings (SSSR count). The molecule has 2 fully saturated rings. The van der Waals surface area contributed by atoms with Crippen molar-refractivity contribution in [2.24, 2.45) is 0 Å². The van der Waals surface area contributed by atoms with Crippen LogP contribution >= 0.6 is 0 Å². The fourth-order valence-electron chi connectivity index (χ4n) is 4.62. The van der Waals surface area contributed by atoms with Gasteiger partial charge in [0.2, 0.25) is 5.95 Å². The lowest BCUT2D eigenvalue weighted by Crippen LogP contribution is -2.42. The first-order valence-corrected chi connectivity index (χ1v) is 11.6. The molecule has 7 nitrogen and oxygen atoms in total. The Hall–Kier alpha value is -3.00. The Bertz CT molecular complexity index is 1050. The number of benzene rings is 2. The number of aryl methyl sites for hydroxylation is 1. The van der Waals surface area contributed by atoms with Crippen molar-refractivity contribution in [2.75, 3.05) is 32.2 Å². The quantitative estimate of drug-likeness (QED) is 0.488. The molecule has 2 aliphatic heterocycles. The highest BCUT2D eigenvalue weighted by Gasteiger charge is 2.47. The summed E-state index contributed by atoms with van der Waals surface area (Å²) in [5.41, 5.74) is 3.12. The van der Waals surface area contributed by atoms with Gasteiger partial charge in [-0.25, -0.2) is 9.97 Å². The minimum Gasteiger partial charge on any atom is -0.496 e. The maximum atomic E-state index is 6.12. The summed E-state index contributed by atoms with van der Waals surface area (Å²) >= 11 is 0. The van der Waals surface area contributed by atoms with Crippen LogP contribution in [0.1, 0.15) is 12.0 Å². The van der Waals surface area contributed by atoms with Crippen molar-refractivity contribution >= 4 is 5.95 Å². The Kier molecular flexibility index (Phi) is 6.81. The van der Waals surface area contributed by atoms with Crippen LogP contribution in [0, 0.1) is 0 Å². The summed E-state index contributed by atoms with van der Waals surface area (Å²) in [4.78, 5) is 9.13. The van der Waals surface area contributed by atoms with E-state index >= 15 is 0 Å². The van der Waals surface area contributed by atoms with Gasteiger partial charge in [0.05, 0.1) is 38.1 Å². The standard InChI is InChI=1S/C26H30N4O3/c1-31-23-12-6-5-11-19(23)20-13-15-28-26(29-20)30-22-17-33-24-21(16-32-25(22)24)27-14-7-10-18-8-3-2-4-9-18/h2-6,8-9,11-13,15,21-22,24-25,27H,7,10,14,16-17H2,1H3,(H,28,29,30). The van der Waals surface area contributed by atoms with E-state index in [4.69, 9.17) is 19.2 Å². The molecule has 0 bridgehead atoms. The summed E-state index contributed by atoms with van der Waals surface area (Å²) in [6, 6.07) is 20.5. The zero-order valence-corrected chi connectivity index (χ0v) is 18.8. The van der Waals surface area contributed by atoms with E-state index in [1.807, 2.05) is 30.3 Å². The molecule has 1 aromatic heterocycles. The molecule has 0 saturated carbocycles. The summed E-state index contributed by atoms with van der Waals surface area (Å²) in [6.45, 7) is 2.17. The average Bonchev–Trinajstić information content (AvgIpc) is 3.46. The lowest BCUT2D eigenvalue weighted by Gasteiger charge is -2.18. The molecule has 2 saturated heterocycles. The van der Waals surface area contributed by atoms with E-state index in [2.05, 4.69) is 45.9 Å². The normalized spacial score (nSPS) is 23.9. The smallest absolute Gasteiger partial charge is 0.223 e. The van der Waals surface area contributed by atoms with Gasteiger partial charge < -0.3 is 24.8 Å². The van der Waals surface area contributed by atoms with Crippen LogP contribution in [-0.2, 0) is 15.9 Å². The molecule has 2 N–H and O–H groups in total. The number of aromatic nitrogens is 2. The van der Waals surface area contributed by atoms with E-state index in [1.54, 1.807) is 13.3 Å². The van der Waals surface area contributed by atoms with E-state index in [-0.39, 0.29) is 24.3 Å². The summed E-state index contributed by atoms with van der Waals surface area (Å²) < 4.78 is 17.7. The Morgan fingerprint density at radius 2 is 1.70 bits per heavy atom. The topological polar surface area (TPSA) is 77.5 Å². The predicted octanol–water partition coefficient (Wildman–Crippen LogP) is 3.32. The number of hydrogen-bond acceptors (Lipinski definition) is 7. The molecule has 7 heteroatoms. The SMILES string of the molecule is COc1ccccc1-c1ccnc(NC2COC3C(NCCCc4ccccc4)COC23)n1. The molecule has 2 aromatic carbocycles. The molecule has 0 radical (unpaired) electrons. The number of ether oxygens (including phenoxy) is 3. The molecule has 0 aliphatic carbocycles. The molecule has 0 spiro atoms. The molecule has 4 unspecified atom stereocenters. The van der Waals surface area contributed by atoms with Crippen molar-refractivity contribution in [2.45, 2.75) is 37.1 Å². The molecule has 2 aliphatic rings. The van der Waals surface area contributed by atoms with E-state index in [9.17, 15) is 0 Å². The molecule has 172 valence electrons. The Morgan fingerprint density at radius 1 is 0.939 bits per heavy atom. The number of nitrogens with zero attached hydrogens (tertiary/aromatic N) is 2. The highest BCUT2D eigenvalue weighted by atomic mass is 16.6. The number of rotatable bonds is 9. The predicted molar refractivity (Wildman–Crippen MR) is 127 cm³/mol. The lowest BCUT2D eigenvalue weighted by molar-refractivity contribution is 0.0676. The molecule has 4 atom stereocenters. The first-order valence-electron chi connectivity index (χ1n) is 11.6. The van der Waals surface area contributed by atoms with Crippen LogP contribution in [0.25, 0.3) is 11.3 Å². The van der Waals surface area contributed by atoms with Gasteiger partial charge >= 0.3 is 0 Å². The minimum atomic E-state index is -0.0184. The van der Waals surface area contributed by atoms with Crippen molar-refractivity contribution in [1.29, 1.82) is 0 Å². The maximum Gasteiger partial charge on any atom is 0.223 e. The second-order valence-electron chi connectivity index (χ2n) is 8.46. The molecular weight excluding hydrogens is 416 g/mol. The molecule has 33 heavy (non-hydrogen) atoms. The molecular formula is C26H30N4O3. The van der Waals surface area contributed by atoms with Crippen LogP contribution in [0.4, 0.5) is 5.95 Å². The fourth-order valence-corrected chi connectivity index (χ4v) is 4.62. The van der Waals surface area contributed by atoms with Crippen molar-refractivity contribution in [3.05, 3.63) is 72.4 Å². The number of fused-ring (bicyclic) bond motifs is 1. The van der Waals surface area contributed by atoms with Crippen molar-refractivity contribution in [3.8, 4) is 17.0 Å². The minimum absolute atomic E-state index is 0.0130. The van der Waals surface area contributed by atoms with Gasteiger partial charge in [0.1, 0.15) is 18.0 Å². The van der Waals surface area contributed by atoms with Crippen LogP contribution in [0.3, 0.4) is 0 Å². The summed E-state index contributed by atoms with van der Waals surface area (Å²) in [5, 5.41) is 7.06. The van der Waals surface area contributed by atoms with Crippen molar-refractivity contribution in [3.63, 3.8) is 0 Å². The number of hydrogen-bond donors (Lipinski definition) is 2. The first-order chi connectivity index (χ1) is 16.3. The molecule has 0 amide bonds. The Labute approximate surface area is 194 Å². The zero-order valence-electron chi connectivity index (χ0n) is 18.8. The Balaban J connectivity index is 1.16. The summed E-state index contributed by atoms with van der Waals surface area (Å²) in [6.07, 6.45) is 3.94. The third-order valence-corrected chi connectivity index (χ3v) is 6.30. The van der Waals surface area contributed by atoms with Gasteiger partial charge in [-0.1, -0.05) is 42.5 Å². The third-order valence-electron chi connectivity index (χ3n) is 6.30. The zero-order chi connectivity index (χ0) is 22.5. The number of methoxy groups -OCH3 is 1. The van der Waals surface area contributed by atoms with E-state index in [0.717, 1.165) is 36.4 Å². The summed E-state index contributed by atoms with van der Waals surface area (Å²) in [7, 11) is 1.67. The van der Waals surface area contributed by atoms with Crippen molar-refractivity contribution < 1.29 is 14.2 Å². The second-order valence-corrected chi connectivity index (χ2v) is 8.46. The maximum absolute atomic E-state index is 6.12. The van der Waals surface area contributed by atoms with Crippen LogP contribution in [0.2, 0.25) is 0 Å². The van der Waals surface area contributed by atoms with E-state index in [1.165, 1.54) is 5.56 Å². The highest BCUT2D eigenvalue weighted by Crippen LogP contribution is 2.30. The van der Waals surface area contributed by atoms with Crippen LogP contribution in [0.5, 0.6) is 5.75 Å². The van der Waals surface area contributed by atoms with Gasteiger partial charge in [-0.3, -0.25) is 0 Å². The average molecular weight is 447 g/mol. The van der Waals surface area contributed by atoms with Gasteiger partial charge in [-0.15, -0.1) is 0 Å². The van der Waals surface area contributed by atoms with Crippen LogP contribution < -0.4 is 15.4 Å². The third kappa shape index (κ3) is 5.00. The fraction of sp³-hybridized carbons (Fsp3) is 0.385. The van der Waals surface area contributed by atoms with Gasteiger partial charge in [0, 0.05) is 11.8 Å². The number of nitrogens with one attached hydrogen (secondary N) is 2. The van der Waals surface area contributed by atoms with E-state index in [0.29, 0.717) is 19.2 Å². The van der Waals surface area contributed by atoms with Gasteiger partial charge in [-0.2, -0.15) is 0 Å². The van der Waals surface area contributed by atoms with Gasteiger partial charge in [0.15, 0.2) is 0 Å². The molecule has 3 aromatic rings. The highest BCUT2D eigenvalue weighted by molar-refractivity contribution is 5.67. The first kappa shape index (κ1) is 21.8. The number of anilines is 1. The number of para-hydroxylation sites is 1. The lowest BCUT2D eigenvalue weighted by atomic mass is 10.1. The largest absolute Gasteiger partial charge is 0.496 e. The van der Waals surface area contributed by atoms with Gasteiger partial charge in [0.25, 0.3) is 0 Å². The second kappa shape index (κ2) is 10.3. The monoisotopic (exact) mass is 446 g/mol.